The number of hydrogen-bond acceptors (Lipinski definition) is 5. The summed E-state index contributed by atoms with van der Waals surface area (Å²) in [6, 6.07) is 5.61. The normalized spacial score (nSPS) is 17.1. The van der Waals surface area contributed by atoms with Crippen molar-refractivity contribution < 1.29 is 13.6 Å². The molecule has 1 amide bonds. The average molecular weight is 372 g/mol. The van der Waals surface area contributed by atoms with Crippen LogP contribution in [0.25, 0.3) is 22.2 Å². The molecule has 0 unspecified atom stereocenters. The predicted molar refractivity (Wildman–Crippen MR) is 95.1 cm³/mol. The zero-order valence-corrected chi connectivity index (χ0v) is 14.7. The highest BCUT2D eigenvalue weighted by molar-refractivity contribution is 5.92. The second-order valence-electron chi connectivity index (χ2n) is 6.86. The SMILES string of the molecule is Cn1cc(-c2ccc3cnc(NC(=O)C4CCC(F)(F)CC4)nc3c2)nn1. The molecule has 0 atom stereocenters. The molecule has 0 spiro atoms. The molecule has 7 nitrogen and oxygen atoms in total. The molecule has 3 aromatic rings. The van der Waals surface area contributed by atoms with Crippen LogP contribution in [0.5, 0.6) is 0 Å². The first-order valence-corrected chi connectivity index (χ1v) is 8.72. The number of aromatic nitrogens is 5. The zero-order valence-electron chi connectivity index (χ0n) is 14.7. The lowest BCUT2D eigenvalue weighted by Crippen LogP contribution is -2.32. The quantitative estimate of drug-likeness (QED) is 0.763. The minimum Gasteiger partial charge on any atom is -0.294 e. The second kappa shape index (κ2) is 6.64. The van der Waals surface area contributed by atoms with Gasteiger partial charge in [-0.25, -0.2) is 18.7 Å². The zero-order chi connectivity index (χ0) is 19.0. The maximum atomic E-state index is 13.3. The maximum Gasteiger partial charge on any atom is 0.248 e. The number of nitrogens with one attached hydrogen (secondary N) is 1. The number of fused-ring (bicyclic) bond motifs is 1. The largest absolute Gasteiger partial charge is 0.294 e. The van der Waals surface area contributed by atoms with E-state index in [2.05, 4.69) is 25.6 Å². The van der Waals surface area contributed by atoms with Gasteiger partial charge in [-0.3, -0.25) is 14.8 Å². The first-order chi connectivity index (χ1) is 12.9. The van der Waals surface area contributed by atoms with E-state index < -0.39 is 11.8 Å². The molecule has 1 aliphatic rings. The highest BCUT2D eigenvalue weighted by Crippen LogP contribution is 2.36. The molecule has 1 aromatic carbocycles. The first-order valence-electron chi connectivity index (χ1n) is 8.72. The maximum absolute atomic E-state index is 13.3. The van der Waals surface area contributed by atoms with E-state index in [1.165, 1.54) is 0 Å². The Balaban J connectivity index is 1.53. The van der Waals surface area contributed by atoms with Crippen molar-refractivity contribution in [2.24, 2.45) is 13.0 Å². The molecule has 4 rings (SSSR count). The van der Waals surface area contributed by atoms with Crippen molar-refractivity contribution in [1.82, 2.24) is 25.0 Å². The van der Waals surface area contributed by atoms with E-state index in [9.17, 15) is 13.6 Å². The van der Waals surface area contributed by atoms with Crippen LogP contribution in [0.2, 0.25) is 0 Å². The standard InChI is InChI=1S/C18H18F2N6O/c1-26-10-15(24-25-26)12-2-3-13-9-21-17(22-14(13)8-12)23-16(27)11-4-6-18(19,20)7-5-11/h2-3,8-11H,4-7H2,1H3,(H,21,22,23,27). The summed E-state index contributed by atoms with van der Waals surface area (Å²) in [6.45, 7) is 0. The molecule has 140 valence electrons. The van der Waals surface area contributed by atoms with Gasteiger partial charge in [-0.15, -0.1) is 5.10 Å². The molecule has 1 saturated carbocycles. The van der Waals surface area contributed by atoms with Gasteiger partial charge in [-0.05, 0) is 18.9 Å². The molecule has 2 heterocycles. The minimum absolute atomic E-state index is 0.168. The molecule has 9 heteroatoms. The Kier molecular flexibility index (Phi) is 4.29. The summed E-state index contributed by atoms with van der Waals surface area (Å²) in [6.07, 6.45) is 3.24. The Morgan fingerprint density at radius 3 is 2.78 bits per heavy atom. The first kappa shape index (κ1) is 17.4. The molecule has 0 aliphatic heterocycles. The molecule has 2 aromatic heterocycles. The third kappa shape index (κ3) is 3.76. The number of hydrogen-bond donors (Lipinski definition) is 1. The average Bonchev–Trinajstić information content (AvgIpc) is 3.07. The van der Waals surface area contributed by atoms with Crippen molar-refractivity contribution in [3.63, 3.8) is 0 Å². The predicted octanol–water partition coefficient (Wildman–Crippen LogP) is 3.19. The molecule has 27 heavy (non-hydrogen) atoms. The van der Waals surface area contributed by atoms with Crippen molar-refractivity contribution >= 4 is 22.8 Å². The summed E-state index contributed by atoms with van der Waals surface area (Å²) in [7, 11) is 1.79. The van der Waals surface area contributed by atoms with Gasteiger partial charge in [-0.2, -0.15) is 0 Å². The number of rotatable bonds is 3. The van der Waals surface area contributed by atoms with Crippen molar-refractivity contribution in [3.05, 3.63) is 30.6 Å². The number of aryl methyl sites for hydroxylation is 1. The Morgan fingerprint density at radius 1 is 1.30 bits per heavy atom. The fourth-order valence-corrected chi connectivity index (χ4v) is 3.24. The summed E-state index contributed by atoms with van der Waals surface area (Å²) in [5.74, 6) is -3.24. The van der Waals surface area contributed by atoms with Gasteiger partial charge in [0.05, 0.1) is 11.7 Å². The smallest absolute Gasteiger partial charge is 0.248 e. The molecule has 0 saturated heterocycles. The van der Waals surface area contributed by atoms with E-state index in [0.717, 1.165) is 10.9 Å². The molecule has 1 fully saturated rings. The number of halogens is 2. The highest BCUT2D eigenvalue weighted by atomic mass is 19.3. The topological polar surface area (TPSA) is 85.6 Å². The van der Waals surface area contributed by atoms with E-state index >= 15 is 0 Å². The van der Waals surface area contributed by atoms with Crippen LogP contribution in [-0.4, -0.2) is 36.8 Å². The number of benzene rings is 1. The Labute approximate surface area is 153 Å². The van der Waals surface area contributed by atoms with Gasteiger partial charge in [0.1, 0.15) is 5.69 Å². The van der Waals surface area contributed by atoms with Crippen LogP contribution >= 0.6 is 0 Å². The van der Waals surface area contributed by atoms with Gasteiger partial charge in [0.2, 0.25) is 17.8 Å². The van der Waals surface area contributed by atoms with Crippen LogP contribution in [0.1, 0.15) is 25.7 Å². The number of carbonyl (C=O) groups is 1. The van der Waals surface area contributed by atoms with E-state index in [-0.39, 0.29) is 37.5 Å². The van der Waals surface area contributed by atoms with Gasteiger partial charge in [0.15, 0.2) is 0 Å². The number of amides is 1. The molecule has 1 aliphatic carbocycles. The number of anilines is 1. The van der Waals surface area contributed by atoms with Gasteiger partial charge in [0.25, 0.3) is 0 Å². The van der Waals surface area contributed by atoms with Crippen LogP contribution < -0.4 is 5.32 Å². The number of alkyl halides is 2. The summed E-state index contributed by atoms with van der Waals surface area (Å²) in [5.41, 5.74) is 2.21. The Bertz CT molecular complexity index is 992. The summed E-state index contributed by atoms with van der Waals surface area (Å²) in [5, 5.41) is 11.5. The van der Waals surface area contributed by atoms with Crippen molar-refractivity contribution in [1.29, 1.82) is 0 Å². The summed E-state index contributed by atoms with van der Waals surface area (Å²) < 4.78 is 28.1. The monoisotopic (exact) mass is 372 g/mol. The lowest BCUT2D eigenvalue weighted by atomic mass is 9.86. The van der Waals surface area contributed by atoms with E-state index in [4.69, 9.17) is 0 Å². The number of carbonyl (C=O) groups excluding carboxylic acids is 1. The fourth-order valence-electron chi connectivity index (χ4n) is 3.24. The van der Waals surface area contributed by atoms with Gasteiger partial charge < -0.3 is 0 Å². The van der Waals surface area contributed by atoms with Crippen molar-refractivity contribution in [2.45, 2.75) is 31.6 Å². The van der Waals surface area contributed by atoms with Crippen molar-refractivity contribution in [2.75, 3.05) is 5.32 Å². The van der Waals surface area contributed by atoms with Crippen molar-refractivity contribution in [3.8, 4) is 11.3 Å². The Morgan fingerprint density at radius 2 is 2.07 bits per heavy atom. The molecular formula is C18H18F2N6O. The van der Waals surface area contributed by atoms with Crippen LogP contribution in [0.15, 0.2) is 30.6 Å². The van der Waals surface area contributed by atoms with Gasteiger partial charge in [0, 0.05) is 43.0 Å². The molecule has 1 N–H and O–H groups in total. The third-order valence-corrected chi connectivity index (χ3v) is 4.80. The minimum atomic E-state index is -2.66. The van der Waals surface area contributed by atoms with E-state index in [1.807, 2.05) is 18.2 Å². The molecule has 0 radical (unpaired) electrons. The molecule has 0 bridgehead atoms. The van der Waals surface area contributed by atoms with Crippen LogP contribution in [0.3, 0.4) is 0 Å². The summed E-state index contributed by atoms with van der Waals surface area (Å²) in [4.78, 5) is 20.9. The van der Waals surface area contributed by atoms with Crippen LogP contribution in [-0.2, 0) is 11.8 Å². The highest BCUT2D eigenvalue weighted by Gasteiger charge is 2.37. The van der Waals surface area contributed by atoms with E-state index in [0.29, 0.717) is 11.2 Å². The van der Waals surface area contributed by atoms with Gasteiger partial charge >= 0.3 is 0 Å². The molecular weight excluding hydrogens is 354 g/mol. The second-order valence-corrected chi connectivity index (χ2v) is 6.86. The van der Waals surface area contributed by atoms with E-state index in [1.54, 1.807) is 24.1 Å². The lowest BCUT2D eigenvalue weighted by molar-refractivity contribution is -0.124. The van der Waals surface area contributed by atoms with Crippen LogP contribution in [0, 0.1) is 5.92 Å². The fraction of sp³-hybridized carbons (Fsp3) is 0.389. The summed E-state index contributed by atoms with van der Waals surface area (Å²) >= 11 is 0. The Hall–Kier alpha value is -2.97. The van der Waals surface area contributed by atoms with Gasteiger partial charge in [-0.1, -0.05) is 17.3 Å². The van der Waals surface area contributed by atoms with Crippen LogP contribution in [0.4, 0.5) is 14.7 Å². The number of nitrogens with zero attached hydrogens (tertiary/aromatic N) is 5. The third-order valence-electron chi connectivity index (χ3n) is 4.80. The lowest BCUT2D eigenvalue weighted by Gasteiger charge is -2.27.